The number of aliphatic imine (C=N–C) groups is 1. The van der Waals surface area contributed by atoms with Crippen LogP contribution in [0.2, 0.25) is 0 Å². The number of Topliss-reactive ketones (excluding diaryl/α,β-unsaturated/α-hetero) is 1. The van der Waals surface area contributed by atoms with E-state index in [1.807, 2.05) is 37.6 Å². The molecule has 0 spiro atoms. The molecule has 1 aromatic rings. The maximum Gasteiger partial charge on any atom is 0.315 e. The number of thiophene rings is 1. The molecule has 2 aliphatic rings. The number of ether oxygens (including phenoxy) is 1. The molecule has 3 rings (SSSR count). The van der Waals surface area contributed by atoms with E-state index in [0.717, 1.165) is 35.4 Å². The van der Waals surface area contributed by atoms with Crippen LogP contribution in [0, 0.1) is 5.92 Å². The van der Waals surface area contributed by atoms with Gasteiger partial charge >= 0.3 is 5.97 Å². The third-order valence-electron chi connectivity index (χ3n) is 4.34. The Balaban J connectivity index is 2.09. The van der Waals surface area contributed by atoms with Crippen molar-refractivity contribution in [2.45, 2.75) is 52.1 Å². The highest BCUT2D eigenvalue weighted by molar-refractivity contribution is 7.08. The molecule has 0 radical (unpaired) electrons. The third kappa shape index (κ3) is 3.02. The molecular formula is C18H21NO3S. The highest BCUT2D eigenvalue weighted by Crippen LogP contribution is 2.44. The van der Waals surface area contributed by atoms with E-state index in [2.05, 4.69) is 4.99 Å². The van der Waals surface area contributed by atoms with Crippen LogP contribution in [-0.2, 0) is 14.3 Å². The number of carbonyl (C=O) groups is 2. The summed E-state index contributed by atoms with van der Waals surface area (Å²) >= 11 is 1.58. The largest absolute Gasteiger partial charge is 0.462 e. The average molecular weight is 331 g/mol. The molecule has 23 heavy (non-hydrogen) atoms. The molecule has 0 saturated carbocycles. The molecule has 1 aromatic heterocycles. The first-order valence-corrected chi connectivity index (χ1v) is 8.97. The van der Waals surface area contributed by atoms with E-state index in [4.69, 9.17) is 4.74 Å². The lowest BCUT2D eigenvalue weighted by atomic mass is 9.72. The average Bonchev–Trinajstić information content (AvgIpc) is 2.99. The van der Waals surface area contributed by atoms with Gasteiger partial charge < -0.3 is 4.74 Å². The zero-order valence-electron chi connectivity index (χ0n) is 13.7. The number of allylic oxidation sites excluding steroid dienone is 2. The maximum absolute atomic E-state index is 12.7. The second kappa shape index (κ2) is 6.40. The Morgan fingerprint density at radius 2 is 2.17 bits per heavy atom. The lowest BCUT2D eigenvalue weighted by Gasteiger charge is -2.34. The van der Waals surface area contributed by atoms with Crippen molar-refractivity contribution < 1.29 is 14.3 Å². The molecule has 1 aliphatic heterocycles. The van der Waals surface area contributed by atoms with Gasteiger partial charge in [0.05, 0.1) is 6.10 Å². The molecule has 1 aliphatic carbocycles. The number of nitrogens with zero attached hydrogens (tertiary/aromatic N) is 1. The first-order chi connectivity index (χ1) is 11.0. The fourth-order valence-corrected chi connectivity index (χ4v) is 4.13. The van der Waals surface area contributed by atoms with Gasteiger partial charge in [-0.15, -0.1) is 0 Å². The third-order valence-corrected chi connectivity index (χ3v) is 5.04. The number of hydrogen-bond acceptors (Lipinski definition) is 5. The summed E-state index contributed by atoms with van der Waals surface area (Å²) in [4.78, 5) is 29.8. The van der Waals surface area contributed by atoms with E-state index in [-0.39, 0.29) is 23.8 Å². The van der Waals surface area contributed by atoms with Crippen molar-refractivity contribution in [2.75, 3.05) is 0 Å². The quantitative estimate of drug-likeness (QED) is 0.790. The van der Waals surface area contributed by atoms with Crippen LogP contribution in [0.1, 0.15) is 51.5 Å². The molecule has 2 atom stereocenters. The summed E-state index contributed by atoms with van der Waals surface area (Å²) < 4.78 is 5.45. The van der Waals surface area contributed by atoms with E-state index in [0.29, 0.717) is 6.42 Å². The zero-order valence-corrected chi connectivity index (χ0v) is 14.5. The smallest absolute Gasteiger partial charge is 0.315 e. The van der Waals surface area contributed by atoms with Crippen molar-refractivity contribution >= 4 is 28.8 Å². The summed E-state index contributed by atoms with van der Waals surface area (Å²) in [6.07, 6.45) is 2.01. The van der Waals surface area contributed by atoms with Crippen LogP contribution in [0.25, 0.3) is 0 Å². The van der Waals surface area contributed by atoms with Crippen LogP contribution in [0.3, 0.4) is 0 Å². The number of esters is 1. The van der Waals surface area contributed by atoms with Crippen LogP contribution >= 0.6 is 11.3 Å². The lowest BCUT2D eigenvalue weighted by molar-refractivity contribution is -0.150. The van der Waals surface area contributed by atoms with Gasteiger partial charge in [-0.1, -0.05) is 0 Å². The van der Waals surface area contributed by atoms with Gasteiger partial charge in [-0.3, -0.25) is 14.6 Å². The van der Waals surface area contributed by atoms with Crippen molar-refractivity contribution in [3.8, 4) is 0 Å². The van der Waals surface area contributed by atoms with Crippen molar-refractivity contribution in [1.29, 1.82) is 0 Å². The van der Waals surface area contributed by atoms with E-state index in [1.54, 1.807) is 11.3 Å². The minimum atomic E-state index is -0.507. The summed E-state index contributed by atoms with van der Waals surface area (Å²) in [6.45, 7) is 5.54. The predicted molar refractivity (Wildman–Crippen MR) is 90.8 cm³/mol. The van der Waals surface area contributed by atoms with Crippen molar-refractivity contribution in [3.05, 3.63) is 33.7 Å². The second-order valence-electron chi connectivity index (χ2n) is 6.39. The fraction of sp³-hybridized carbons (Fsp3) is 0.500. The van der Waals surface area contributed by atoms with Crippen LogP contribution in [0.5, 0.6) is 0 Å². The Hall–Kier alpha value is -1.75. The molecule has 0 fully saturated rings. The Morgan fingerprint density at radius 3 is 2.83 bits per heavy atom. The number of rotatable bonds is 3. The molecule has 0 aromatic carbocycles. The SMILES string of the molecule is CC1=NC2=C(C(=O)CCC2)[C@H](c2ccsc2)C1C(=O)OC(C)C. The minimum absolute atomic E-state index is 0.126. The first kappa shape index (κ1) is 16.1. The summed E-state index contributed by atoms with van der Waals surface area (Å²) in [5.41, 5.74) is 3.35. The van der Waals surface area contributed by atoms with Gasteiger partial charge in [0.2, 0.25) is 0 Å². The Morgan fingerprint density at radius 1 is 1.39 bits per heavy atom. The Bertz CT molecular complexity index is 685. The van der Waals surface area contributed by atoms with Crippen molar-refractivity contribution in [2.24, 2.45) is 10.9 Å². The van der Waals surface area contributed by atoms with Gasteiger partial charge in [0.25, 0.3) is 0 Å². The molecule has 122 valence electrons. The first-order valence-electron chi connectivity index (χ1n) is 8.03. The van der Waals surface area contributed by atoms with E-state index in [1.165, 1.54) is 0 Å². The van der Waals surface area contributed by atoms with Gasteiger partial charge in [0.15, 0.2) is 5.78 Å². The summed E-state index contributed by atoms with van der Waals surface area (Å²) in [6, 6.07) is 2.00. The van der Waals surface area contributed by atoms with Crippen LogP contribution < -0.4 is 0 Å². The highest BCUT2D eigenvalue weighted by atomic mass is 32.1. The number of hydrogen-bond donors (Lipinski definition) is 0. The highest BCUT2D eigenvalue weighted by Gasteiger charge is 2.43. The van der Waals surface area contributed by atoms with E-state index in [9.17, 15) is 9.59 Å². The molecule has 0 N–H and O–H groups in total. The molecule has 1 unspecified atom stereocenters. The molecule has 2 heterocycles. The Kier molecular flexibility index (Phi) is 4.48. The zero-order chi connectivity index (χ0) is 16.6. The second-order valence-corrected chi connectivity index (χ2v) is 7.17. The monoisotopic (exact) mass is 331 g/mol. The van der Waals surface area contributed by atoms with Gasteiger partial charge in [-0.25, -0.2) is 0 Å². The summed E-state index contributed by atoms with van der Waals surface area (Å²) in [5.74, 6) is -0.927. The van der Waals surface area contributed by atoms with E-state index >= 15 is 0 Å². The number of carbonyl (C=O) groups excluding carboxylic acids is 2. The van der Waals surface area contributed by atoms with Gasteiger partial charge in [-0.05, 0) is 56.0 Å². The molecule has 0 saturated heterocycles. The van der Waals surface area contributed by atoms with Crippen LogP contribution in [-0.4, -0.2) is 23.6 Å². The topological polar surface area (TPSA) is 55.7 Å². The van der Waals surface area contributed by atoms with Crippen LogP contribution in [0.4, 0.5) is 0 Å². The Labute approximate surface area is 140 Å². The molecular weight excluding hydrogens is 310 g/mol. The maximum atomic E-state index is 12.7. The molecule has 5 heteroatoms. The van der Waals surface area contributed by atoms with Gasteiger partial charge in [0, 0.05) is 29.3 Å². The minimum Gasteiger partial charge on any atom is -0.462 e. The van der Waals surface area contributed by atoms with Gasteiger partial charge in [0.1, 0.15) is 5.92 Å². The van der Waals surface area contributed by atoms with Crippen LogP contribution in [0.15, 0.2) is 33.1 Å². The lowest BCUT2D eigenvalue weighted by Crippen LogP contribution is -2.37. The van der Waals surface area contributed by atoms with Gasteiger partial charge in [-0.2, -0.15) is 11.3 Å². The molecule has 0 amide bonds. The normalized spacial score (nSPS) is 24.5. The molecule has 4 nitrogen and oxygen atoms in total. The summed E-state index contributed by atoms with van der Waals surface area (Å²) in [7, 11) is 0. The van der Waals surface area contributed by atoms with Crippen molar-refractivity contribution in [1.82, 2.24) is 0 Å². The fourth-order valence-electron chi connectivity index (χ4n) is 3.43. The van der Waals surface area contributed by atoms with E-state index < -0.39 is 5.92 Å². The number of ketones is 1. The standard InChI is InChI=1S/C18H21NO3S/c1-10(2)22-18(21)15-11(3)19-13-5-4-6-14(20)17(13)16(15)12-7-8-23-9-12/h7-10,15-16H,4-6H2,1-3H3/t15?,16-/m1/s1. The predicted octanol–water partition coefficient (Wildman–Crippen LogP) is 3.88. The van der Waals surface area contributed by atoms with Crippen molar-refractivity contribution in [3.63, 3.8) is 0 Å². The summed E-state index contributed by atoms with van der Waals surface area (Å²) in [5, 5.41) is 4.00. The molecule has 0 bridgehead atoms.